The van der Waals surface area contributed by atoms with Gasteiger partial charge in [0, 0.05) is 24.5 Å². The van der Waals surface area contributed by atoms with Crippen LogP contribution in [0, 0.1) is 0 Å². The van der Waals surface area contributed by atoms with Crippen molar-refractivity contribution in [2.24, 2.45) is 0 Å². The normalized spacial score (nSPS) is 16.6. The fourth-order valence-corrected chi connectivity index (χ4v) is 4.31. The molecule has 0 aliphatic carbocycles. The van der Waals surface area contributed by atoms with E-state index in [0.29, 0.717) is 15.8 Å². The zero-order valence-electron chi connectivity index (χ0n) is 12.4. The summed E-state index contributed by atoms with van der Waals surface area (Å²) in [5.41, 5.74) is 0. The van der Waals surface area contributed by atoms with E-state index >= 15 is 0 Å². The summed E-state index contributed by atoms with van der Waals surface area (Å²) in [6.07, 6.45) is 0. The predicted molar refractivity (Wildman–Crippen MR) is 98.4 cm³/mol. The Morgan fingerprint density at radius 3 is 2.74 bits per heavy atom. The Kier molecular flexibility index (Phi) is 7.33. The van der Waals surface area contributed by atoms with E-state index in [9.17, 15) is 4.79 Å². The summed E-state index contributed by atoms with van der Waals surface area (Å²) in [5, 5.41) is 5.11. The molecule has 0 aromatic carbocycles. The first-order valence-electron chi connectivity index (χ1n) is 7.13. The van der Waals surface area contributed by atoms with Crippen LogP contribution in [0.1, 0.15) is 20.6 Å². The fourth-order valence-electron chi connectivity index (χ4n) is 2.49. The number of nitrogens with zero attached hydrogens (tertiary/aromatic N) is 1. The van der Waals surface area contributed by atoms with E-state index in [2.05, 4.69) is 21.7 Å². The summed E-state index contributed by atoms with van der Waals surface area (Å²) in [4.78, 5) is 16.5. The molecule has 126 valence electrons. The SMILES string of the molecule is Cl.O=C(NCC(c1cccs1)N1CCOCC1)c1ccc(Cl)s1. The maximum Gasteiger partial charge on any atom is 0.261 e. The molecule has 4 nitrogen and oxygen atoms in total. The zero-order chi connectivity index (χ0) is 15.4. The lowest BCUT2D eigenvalue weighted by molar-refractivity contribution is 0.0169. The number of hydrogen-bond acceptors (Lipinski definition) is 5. The molecule has 0 spiro atoms. The fraction of sp³-hybridized carbons (Fsp3) is 0.400. The Morgan fingerprint density at radius 1 is 1.35 bits per heavy atom. The van der Waals surface area contributed by atoms with Crippen molar-refractivity contribution >= 4 is 52.6 Å². The first-order valence-corrected chi connectivity index (χ1v) is 9.20. The van der Waals surface area contributed by atoms with Gasteiger partial charge in [0.2, 0.25) is 0 Å². The minimum absolute atomic E-state index is 0. The Bertz CT molecular complexity index is 613. The third-order valence-corrected chi connectivity index (χ3v) is 5.81. The molecular formula is C15H18Cl2N2O2S2. The highest BCUT2D eigenvalue weighted by molar-refractivity contribution is 7.18. The number of halogens is 2. The molecule has 1 aliphatic heterocycles. The first-order chi connectivity index (χ1) is 10.7. The number of amides is 1. The predicted octanol–water partition coefficient (Wildman–Crippen LogP) is 3.69. The van der Waals surface area contributed by atoms with Crippen LogP contribution in [0.5, 0.6) is 0 Å². The van der Waals surface area contributed by atoms with Crippen molar-refractivity contribution in [1.29, 1.82) is 0 Å². The monoisotopic (exact) mass is 392 g/mol. The quantitative estimate of drug-likeness (QED) is 0.843. The Labute approximate surface area is 154 Å². The molecule has 2 aromatic rings. The standard InChI is InChI=1S/C15H17ClN2O2S2.ClH/c16-14-4-3-13(22-14)15(19)17-10-11(12-2-1-9-21-12)18-5-7-20-8-6-18;/h1-4,9,11H,5-8,10H2,(H,17,19);1H. The number of morpholine rings is 1. The Morgan fingerprint density at radius 2 is 2.13 bits per heavy atom. The van der Waals surface area contributed by atoms with Gasteiger partial charge in [-0.2, -0.15) is 0 Å². The highest BCUT2D eigenvalue weighted by Crippen LogP contribution is 2.26. The van der Waals surface area contributed by atoms with Gasteiger partial charge in [-0.05, 0) is 23.6 Å². The van der Waals surface area contributed by atoms with Gasteiger partial charge in [0.1, 0.15) is 0 Å². The summed E-state index contributed by atoms with van der Waals surface area (Å²) in [7, 11) is 0. The largest absolute Gasteiger partial charge is 0.379 e. The summed E-state index contributed by atoms with van der Waals surface area (Å²) in [6, 6.07) is 7.88. The van der Waals surface area contributed by atoms with E-state index < -0.39 is 0 Å². The molecule has 1 unspecified atom stereocenters. The molecule has 1 N–H and O–H groups in total. The average Bonchev–Trinajstić information content (AvgIpc) is 3.20. The van der Waals surface area contributed by atoms with Crippen LogP contribution >= 0.6 is 46.7 Å². The lowest BCUT2D eigenvalue weighted by Crippen LogP contribution is -2.43. The van der Waals surface area contributed by atoms with Crippen molar-refractivity contribution in [2.45, 2.75) is 6.04 Å². The zero-order valence-corrected chi connectivity index (χ0v) is 15.6. The number of thiophene rings is 2. The number of ether oxygens (including phenoxy) is 1. The van der Waals surface area contributed by atoms with Gasteiger partial charge in [0.25, 0.3) is 5.91 Å². The van der Waals surface area contributed by atoms with E-state index in [0.717, 1.165) is 26.3 Å². The third kappa shape index (κ3) is 4.92. The van der Waals surface area contributed by atoms with Gasteiger partial charge in [-0.25, -0.2) is 0 Å². The minimum Gasteiger partial charge on any atom is -0.379 e. The average molecular weight is 393 g/mol. The van der Waals surface area contributed by atoms with Gasteiger partial charge in [-0.3, -0.25) is 9.69 Å². The van der Waals surface area contributed by atoms with Crippen molar-refractivity contribution in [2.75, 3.05) is 32.8 Å². The van der Waals surface area contributed by atoms with Crippen LogP contribution in [0.15, 0.2) is 29.6 Å². The van der Waals surface area contributed by atoms with Crippen molar-refractivity contribution in [1.82, 2.24) is 10.2 Å². The van der Waals surface area contributed by atoms with Crippen LogP contribution in [0.3, 0.4) is 0 Å². The van der Waals surface area contributed by atoms with Crippen molar-refractivity contribution in [3.8, 4) is 0 Å². The third-order valence-electron chi connectivity index (χ3n) is 3.61. The number of carbonyl (C=O) groups excluding carboxylic acids is 1. The summed E-state index contributed by atoms with van der Waals surface area (Å²) in [6.45, 7) is 3.87. The molecule has 23 heavy (non-hydrogen) atoms. The summed E-state index contributed by atoms with van der Waals surface area (Å²) >= 11 is 8.92. The highest BCUT2D eigenvalue weighted by atomic mass is 35.5. The maximum atomic E-state index is 12.2. The van der Waals surface area contributed by atoms with Crippen LogP contribution < -0.4 is 5.32 Å². The van der Waals surface area contributed by atoms with Gasteiger partial charge < -0.3 is 10.1 Å². The van der Waals surface area contributed by atoms with E-state index in [-0.39, 0.29) is 24.4 Å². The van der Waals surface area contributed by atoms with E-state index in [1.54, 1.807) is 23.5 Å². The molecule has 3 heterocycles. The highest BCUT2D eigenvalue weighted by Gasteiger charge is 2.24. The molecular weight excluding hydrogens is 375 g/mol. The second kappa shape index (κ2) is 9.01. The molecule has 1 saturated heterocycles. The molecule has 0 saturated carbocycles. The lowest BCUT2D eigenvalue weighted by Gasteiger charge is -2.34. The molecule has 2 aromatic heterocycles. The maximum absolute atomic E-state index is 12.2. The molecule has 1 amide bonds. The number of carbonyl (C=O) groups is 1. The molecule has 8 heteroatoms. The van der Waals surface area contributed by atoms with Gasteiger partial charge in [0.05, 0.1) is 28.5 Å². The van der Waals surface area contributed by atoms with E-state index in [4.69, 9.17) is 16.3 Å². The number of rotatable bonds is 5. The van der Waals surface area contributed by atoms with E-state index in [1.165, 1.54) is 16.2 Å². The summed E-state index contributed by atoms with van der Waals surface area (Å²) in [5.74, 6) is -0.0632. The van der Waals surface area contributed by atoms with Crippen LogP contribution in [-0.4, -0.2) is 43.7 Å². The minimum atomic E-state index is -0.0632. The van der Waals surface area contributed by atoms with Crippen molar-refractivity contribution in [3.05, 3.63) is 43.7 Å². The van der Waals surface area contributed by atoms with Gasteiger partial charge in [-0.15, -0.1) is 35.1 Å². The molecule has 0 radical (unpaired) electrons. The molecule has 1 atom stereocenters. The second-order valence-corrected chi connectivity index (χ2v) is 7.69. The van der Waals surface area contributed by atoms with Gasteiger partial charge in [0.15, 0.2) is 0 Å². The Balaban J connectivity index is 0.00000192. The molecule has 1 aliphatic rings. The number of hydrogen-bond donors (Lipinski definition) is 1. The summed E-state index contributed by atoms with van der Waals surface area (Å²) < 4.78 is 6.06. The van der Waals surface area contributed by atoms with Gasteiger partial charge >= 0.3 is 0 Å². The lowest BCUT2D eigenvalue weighted by atomic mass is 10.2. The first kappa shape index (κ1) is 18.7. The molecule has 0 bridgehead atoms. The smallest absolute Gasteiger partial charge is 0.261 e. The second-order valence-electron chi connectivity index (χ2n) is 4.99. The molecule has 3 rings (SSSR count). The topological polar surface area (TPSA) is 41.6 Å². The van der Waals surface area contributed by atoms with Crippen LogP contribution in [0.25, 0.3) is 0 Å². The van der Waals surface area contributed by atoms with E-state index in [1.807, 2.05) is 6.07 Å². The van der Waals surface area contributed by atoms with Gasteiger partial charge in [-0.1, -0.05) is 17.7 Å². The van der Waals surface area contributed by atoms with Crippen LogP contribution in [0.4, 0.5) is 0 Å². The number of nitrogens with one attached hydrogen (secondary N) is 1. The van der Waals surface area contributed by atoms with Crippen LogP contribution in [-0.2, 0) is 4.74 Å². The van der Waals surface area contributed by atoms with Crippen LogP contribution in [0.2, 0.25) is 4.34 Å². The van der Waals surface area contributed by atoms with Crippen molar-refractivity contribution < 1.29 is 9.53 Å². The van der Waals surface area contributed by atoms with Crippen molar-refractivity contribution in [3.63, 3.8) is 0 Å². The Hall–Kier alpha value is -0.630. The molecule has 1 fully saturated rings.